The van der Waals surface area contributed by atoms with Crippen molar-refractivity contribution in [3.8, 4) is 0 Å². The smallest absolute Gasteiger partial charge is 0.0495 e. The summed E-state index contributed by atoms with van der Waals surface area (Å²) in [5.41, 5.74) is 0. The number of rotatable bonds is 0. The van der Waals surface area contributed by atoms with Gasteiger partial charge in [0.25, 0.3) is 0 Å². The number of hydrogen-bond acceptors (Lipinski definition) is 1. The predicted molar refractivity (Wildman–Crippen MR) is 51.3 cm³/mol. The van der Waals surface area contributed by atoms with Gasteiger partial charge in [-0.15, -0.1) is 11.3 Å². The molecule has 55 valence electrons. The minimum absolute atomic E-state index is 0.800. The number of hydrogen-bond donors (Lipinski definition) is 0. The summed E-state index contributed by atoms with van der Waals surface area (Å²) < 4.78 is 0. The van der Waals surface area contributed by atoms with Gasteiger partial charge in [0, 0.05) is 15.3 Å². The highest BCUT2D eigenvalue weighted by atomic mass is 35.5. The van der Waals surface area contributed by atoms with Gasteiger partial charge in [-0.2, -0.15) is 0 Å². The zero-order valence-corrected chi connectivity index (χ0v) is 7.38. The second-order valence-corrected chi connectivity index (χ2v) is 3.73. The molecule has 0 unspecified atom stereocenters. The number of benzene rings is 1. The van der Waals surface area contributed by atoms with E-state index in [2.05, 4.69) is 12.3 Å². The van der Waals surface area contributed by atoms with E-state index in [1.165, 1.54) is 5.39 Å². The van der Waals surface area contributed by atoms with Crippen molar-refractivity contribution in [2.24, 2.45) is 0 Å². The van der Waals surface area contributed by atoms with Crippen molar-refractivity contribution in [2.75, 3.05) is 0 Å². The summed E-state index contributed by atoms with van der Waals surface area (Å²) >= 11 is 7.61. The molecule has 2 heteroatoms. The van der Waals surface area contributed by atoms with Gasteiger partial charge in [0.05, 0.1) is 0 Å². The van der Waals surface area contributed by atoms with Gasteiger partial charge in [0.2, 0.25) is 0 Å². The van der Waals surface area contributed by atoms with Crippen molar-refractivity contribution in [2.45, 2.75) is 0 Å². The first-order chi connectivity index (χ1) is 5.29. The third-order valence-corrected chi connectivity index (χ3v) is 2.83. The van der Waals surface area contributed by atoms with Gasteiger partial charge in [0.1, 0.15) is 0 Å². The summed E-state index contributed by atoms with van der Waals surface area (Å²) in [7, 11) is 0. The van der Waals surface area contributed by atoms with E-state index in [9.17, 15) is 0 Å². The predicted octanol–water partition coefficient (Wildman–Crippen LogP) is 3.74. The van der Waals surface area contributed by atoms with E-state index in [0.29, 0.717) is 0 Å². The Bertz CT molecular complexity index is 389. The maximum Gasteiger partial charge on any atom is 0.0495 e. The molecule has 0 fully saturated rings. The molecule has 0 amide bonds. The van der Waals surface area contributed by atoms with Crippen molar-refractivity contribution in [1.29, 1.82) is 0 Å². The molecule has 0 saturated heterocycles. The highest BCUT2D eigenvalue weighted by Crippen LogP contribution is 2.30. The third-order valence-electron chi connectivity index (χ3n) is 1.65. The van der Waals surface area contributed by atoms with Crippen LogP contribution in [0, 0.1) is 6.92 Å². The molecule has 2 aromatic rings. The Kier molecular flexibility index (Phi) is 1.63. The zero-order valence-electron chi connectivity index (χ0n) is 5.80. The lowest BCUT2D eigenvalue weighted by atomic mass is 10.2. The maximum absolute atomic E-state index is 5.97. The van der Waals surface area contributed by atoms with Crippen molar-refractivity contribution < 1.29 is 0 Å². The number of thiophene rings is 1. The average molecular weight is 182 g/mol. The molecule has 0 nitrogen and oxygen atoms in total. The summed E-state index contributed by atoms with van der Waals surface area (Å²) in [6.45, 7) is 3.90. The molecule has 1 aromatic carbocycles. The lowest BCUT2D eigenvalue weighted by molar-refractivity contribution is 1.82. The Labute approximate surface area is 74.4 Å². The van der Waals surface area contributed by atoms with E-state index in [4.69, 9.17) is 11.6 Å². The van der Waals surface area contributed by atoms with Crippen LogP contribution in [0.5, 0.6) is 0 Å². The van der Waals surface area contributed by atoms with Crippen LogP contribution < -0.4 is 0 Å². The Morgan fingerprint density at radius 2 is 2.18 bits per heavy atom. The van der Waals surface area contributed by atoms with Gasteiger partial charge < -0.3 is 0 Å². The van der Waals surface area contributed by atoms with Crippen LogP contribution in [0.2, 0.25) is 5.02 Å². The standard InChI is InChI=1S/C9H6ClS/c1-6-9-7(5-11-6)3-2-4-8(9)10/h2-5H,1H2. The van der Waals surface area contributed by atoms with Crippen LogP contribution in [-0.4, -0.2) is 0 Å². The second kappa shape index (κ2) is 2.50. The lowest BCUT2D eigenvalue weighted by Crippen LogP contribution is -1.68. The summed E-state index contributed by atoms with van der Waals surface area (Å²) in [4.78, 5) is 1.05. The minimum atomic E-state index is 0.800. The summed E-state index contributed by atoms with van der Waals surface area (Å²) in [6.07, 6.45) is 0. The van der Waals surface area contributed by atoms with Gasteiger partial charge in [0.15, 0.2) is 0 Å². The topological polar surface area (TPSA) is 0 Å². The minimum Gasteiger partial charge on any atom is -0.148 e. The zero-order chi connectivity index (χ0) is 7.84. The van der Waals surface area contributed by atoms with Gasteiger partial charge in [-0.1, -0.05) is 23.7 Å². The lowest BCUT2D eigenvalue weighted by Gasteiger charge is -1.93. The fourth-order valence-corrected chi connectivity index (χ4v) is 2.29. The van der Waals surface area contributed by atoms with E-state index < -0.39 is 0 Å². The molecule has 0 N–H and O–H groups in total. The summed E-state index contributed by atoms with van der Waals surface area (Å²) in [5, 5.41) is 5.16. The Balaban J connectivity index is 2.96. The molecule has 1 radical (unpaired) electrons. The van der Waals surface area contributed by atoms with Crippen LogP contribution in [0.1, 0.15) is 4.88 Å². The molecule has 0 atom stereocenters. The molecular weight excluding hydrogens is 176 g/mol. The van der Waals surface area contributed by atoms with Crippen LogP contribution in [0.15, 0.2) is 23.6 Å². The molecule has 0 aliphatic heterocycles. The molecule has 0 spiro atoms. The Morgan fingerprint density at radius 1 is 1.36 bits per heavy atom. The average Bonchev–Trinajstić information content (AvgIpc) is 2.34. The number of halogens is 1. The van der Waals surface area contributed by atoms with Crippen LogP contribution in [0.3, 0.4) is 0 Å². The van der Waals surface area contributed by atoms with Crippen molar-refractivity contribution >= 4 is 33.7 Å². The molecule has 0 saturated carbocycles. The second-order valence-electron chi connectivity index (χ2n) is 2.36. The van der Waals surface area contributed by atoms with Gasteiger partial charge in [-0.3, -0.25) is 0 Å². The highest BCUT2D eigenvalue weighted by Gasteiger charge is 2.02. The fourth-order valence-electron chi connectivity index (χ4n) is 1.13. The van der Waals surface area contributed by atoms with Crippen LogP contribution in [0.25, 0.3) is 10.8 Å². The van der Waals surface area contributed by atoms with Crippen LogP contribution in [0.4, 0.5) is 0 Å². The van der Waals surface area contributed by atoms with Crippen molar-refractivity contribution in [1.82, 2.24) is 0 Å². The highest BCUT2D eigenvalue weighted by molar-refractivity contribution is 7.11. The largest absolute Gasteiger partial charge is 0.148 e. The quantitative estimate of drug-likeness (QED) is 0.581. The van der Waals surface area contributed by atoms with E-state index in [-0.39, 0.29) is 0 Å². The van der Waals surface area contributed by atoms with Gasteiger partial charge >= 0.3 is 0 Å². The number of fused-ring (bicyclic) bond motifs is 1. The molecule has 1 aromatic heterocycles. The first-order valence-corrected chi connectivity index (χ1v) is 4.52. The Hall–Kier alpha value is -0.530. The molecule has 0 aliphatic rings. The van der Waals surface area contributed by atoms with Crippen LogP contribution >= 0.6 is 22.9 Å². The maximum atomic E-state index is 5.97. The molecule has 2 rings (SSSR count). The summed E-state index contributed by atoms with van der Waals surface area (Å²) in [6, 6.07) is 5.90. The van der Waals surface area contributed by atoms with E-state index in [1.807, 2.05) is 18.2 Å². The third kappa shape index (κ3) is 1.05. The van der Waals surface area contributed by atoms with Gasteiger partial charge in [-0.25, -0.2) is 0 Å². The molecule has 1 heterocycles. The first kappa shape index (κ1) is 7.14. The monoisotopic (exact) mass is 181 g/mol. The van der Waals surface area contributed by atoms with Crippen molar-refractivity contribution in [3.05, 3.63) is 40.4 Å². The Morgan fingerprint density at radius 3 is 2.91 bits per heavy atom. The molecule has 0 aliphatic carbocycles. The molecule has 0 bridgehead atoms. The molecular formula is C9H6ClS. The summed E-state index contributed by atoms with van der Waals surface area (Å²) in [5.74, 6) is 0. The normalized spacial score (nSPS) is 10.7. The van der Waals surface area contributed by atoms with Crippen molar-refractivity contribution in [3.63, 3.8) is 0 Å². The first-order valence-electron chi connectivity index (χ1n) is 3.27. The van der Waals surface area contributed by atoms with Gasteiger partial charge in [-0.05, 0) is 23.8 Å². The SMILES string of the molecule is [CH2]c1scc2cccc(Cl)c12. The van der Waals surface area contributed by atoms with E-state index in [1.54, 1.807) is 11.3 Å². The van der Waals surface area contributed by atoms with E-state index >= 15 is 0 Å². The van der Waals surface area contributed by atoms with Crippen LogP contribution in [-0.2, 0) is 0 Å². The fraction of sp³-hybridized carbons (Fsp3) is 0. The van der Waals surface area contributed by atoms with E-state index in [0.717, 1.165) is 15.3 Å². The molecule has 11 heavy (non-hydrogen) atoms.